The predicted molar refractivity (Wildman–Crippen MR) is 114 cm³/mol. The van der Waals surface area contributed by atoms with Crippen molar-refractivity contribution < 1.29 is 19.4 Å². The molecule has 0 heterocycles. The van der Waals surface area contributed by atoms with Crippen molar-refractivity contribution in [3.8, 4) is 11.1 Å². The van der Waals surface area contributed by atoms with Crippen LogP contribution < -0.4 is 5.32 Å². The first-order valence-electron chi connectivity index (χ1n) is 10.0. The Morgan fingerprint density at radius 1 is 0.833 bits per heavy atom. The third-order valence-electron chi connectivity index (χ3n) is 5.43. The predicted octanol–water partition coefficient (Wildman–Crippen LogP) is 4.74. The van der Waals surface area contributed by atoms with Crippen LogP contribution in [0.15, 0.2) is 72.8 Å². The Morgan fingerprint density at radius 3 is 2.00 bits per heavy atom. The van der Waals surface area contributed by atoms with E-state index in [1.807, 2.05) is 48.5 Å². The Morgan fingerprint density at radius 2 is 1.40 bits per heavy atom. The van der Waals surface area contributed by atoms with Gasteiger partial charge in [0.05, 0.1) is 0 Å². The van der Waals surface area contributed by atoms with Gasteiger partial charge in [-0.05, 0) is 39.8 Å². The summed E-state index contributed by atoms with van der Waals surface area (Å²) in [6.45, 7) is 0.643. The van der Waals surface area contributed by atoms with E-state index in [4.69, 9.17) is 9.84 Å². The van der Waals surface area contributed by atoms with E-state index in [-0.39, 0.29) is 18.9 Å². The smallest absolute Gasteiger partial charge is 0.407 e. The molecule has 0 aliphatic heterocycles. The van der Waals surface area contributed by atoms with Gasteiger partial charge in [0.15, 0.2) is 0 Å². The summed E-state index contributed by atoms with van der Waals surface area (Å²) < 4.78 is 5.53. The molecule has 0 spiro atoms. The molecule has 3 aromatic carbocycles. The van der Waals surface area contributed by atoms with Gasteiger partial charge in [0.2, 0.25) is 0 Å². The van der Waals surface area contributed by atoms with Gasteiger partial charge in [0.1, 0.15) is 6.61 Å². The summed E-state index contributed by atoms with van der Waals surface area (Å²) in [5.41, 5.74) is 6.66. The average Bonchev–Trinajstić information content (AvgIpc) is 3.09. The number of hydrogen-bond acceptors (Lipinski definition) is 3. The molecule has 1 amide bonds. The lowest BCUT2D eigenvalue weighted by molar-refractivity contribution is -0.136. The van der Waals surface area contributed by atoms with Crippen LogP contribution in [0.2, 0.25) is 0 Å². The van der Waals surface area contributed by atoms with E-state index in [9.17, 15) is 9.59 Å². The van der Waals surface area contributed by atoms with Crippen molar-refractivity contribution in [2.75, 3.05) is 6.61 Å². The molecular weight excluding hydrogens is 378 g/mol. The number of rotatable bonds is 7. The van der Waals surface area contributed by atoms with E-state index in [2.05, 4.69) is 29.6 Å². The number of amides is 1. The molecule has 0 atom stereocenters. The SMILES string of the molecule is O=C(O)CCc1ccc(CNC(=O)OCC2c3ccccc3-c3ccccc32)cc1. The molecular formula is C25H23NO4. The average molecular weight is 401 g/mol. The third-order valence-corrected chi connectivity index (χ3v) is 5.43. The Balaban J connectivity index is 1.32. The second kappa shape index (κ2) is 8.82. The molecule has 1 aliphatic carbocycles. The number of carboxylic acid groups (broad SMARTS) is 1. The highest BCUT2D eigenvalue weighted by atomic mass is 16.5. The zero-order valence-electron chi connectivity index (χ0n) is 16.5. The fourth-order valence-electron chi connectivity index (χ4n) is 3.90. The van der Waals surface area contributed by atoms with E-state index in [0.717, 1.165) is 11.1 Å². The second-order valence-corrected chi connectivity index (χ2v) is 7.39. The number of alkyl carbamates (subject to hydrolysis) is 1. The fourth-order valence-corrected chi connectivity index (χ4v) is 3.90. The Bertz CT molecular complexity index is 1010. The van der Waals surface area contributed by atoms with Crippen LogP contribution in [0.25, 0.3) is 11.1 Å². The van der Waals surface area contributed by atoms with Crippen LogP contribution in [0.4, 0.5) is 4.79 Å². The summed E-state index contributed by atoms with van der Waals surface area (Å²) >= 11 is 0. The number of nitrogens with one attached hydrogen (secondary N) is 1. The number of hydrogen-bond donors (Lipinski definition) is 2. The van der Waals surface area contributed by atoms with Gasteiger partial charge in [-0.25, -0.2) is 4.79 Å². The molecule has 5 nitrogen and oxygen atoms in total. The van der Waals surface area contributed by atoms with Gasteiger partial charge in [-0.2, -0.15) is 0 Å². The second-order valence-electron chi connectivity index (χ2n) is 7.39. The number of ether oxygens (including phenoxy) is 1. The molecule has 0 radical (unpaired) electrons. The normalized spacial score (nSPS) is 12.1. The van der Waals surface area contributed by atoms with Crippen molar-refractivity contribution in [3.63, 3.8) is 0 Å². The minimum Gasteiger partial charge on any atom is -0.481 e. The first kappa shape index (κ1) is 19.7. The molecule has 3 aromatic rings. The lowest BCUT2D eigenvalue weighted by atomic mass is 9.98. The molecule has 0 saturated heterocycles. The van der Waals surface area contributed by atoms with Crippen molar-refractivity contribution in [1.29, 1.82) is 0 Å². The Labute approximate surface area is 175 Å². The summed E-state index contributed by atoms with van der Waals surface area (Å²) in [6, 6.07) is 24.0. The Kier molecular flexibility index (Phi) is 5.80. The summed E-state index contributed by atoms with van der Waals surface area (Å²) in [5.74, 6) is -0.771. The molecule has 4 rings (SSSR count). The minimum atomic E-state index is -0.809. The maximum atomic E-state index is 12.2. The lowest BCUT2D eigenvalue weighted by Crippen LogP contribution is -2.25. The molecule has 0 unspecified atom stereocenters. The molecule has 2 N–H and O–H groups in total. The molecule has 152 valence electrons. The minimum absolute atomic E-state index is 0.0386. The summed E-state index contributed by atoms with van der Waals surface area (Å²) in [6.07, 6.45) is 0.152. The maximum absolute atomic E-state index is 12.2. The highest BCUT2D eigenvalue weighted by Gasteiger charge is 2.28. The van der Waals surface area contributed by atoms with Crippen LogP contribution in [0.5, 0.6) is 0 Å². The number of aliphatic carboxylic acids is 1. The van der Waals surface area contributed by atoms with Crippen LogP contribution in [0, 0.1) is 0 Å². The highest BCUT2D eigenvalue weighted by Crippen LogP contribution is 2.44. The van der Waals surface area contributed by atoms with Gasteiger partial charge in [-0.3, -0.25) is 4.79 Å². The van der Waals surface area contributed by atoms with Gasteiger partial charge in [0, 0.05) is 18.9 Å². The van der Waals surface area contributed by atoms with E-state index in [1.165, 1.54) is 22.3 Å². The van der Waals surface area contributed by atoms with E-state index in [0.29, 0.717) is 13.0 Å². The zero-order chi connectivity index (χ0) is 20.9. The summed E-state index contributed by atoms with van der Waals surface area (Å²) in [4.78, 5) is 22.9. The monoisotopic (exact) mass is 401 g/mol. The fraction of sp³-hybridized carbons (Fsp3) is 0.200. The van der Waals surface area contributed by atoms with Gasteiger partial charge in [-0.1, -0.05) is 72.8 Å². The van der Waals surface area contributed by atoms with E-state index >= 15 is 0 Å². The number of carbonyl (C=O) groups excluding carboxylic acids is 1. The molecule has 0 saturated carbocycles. The quantitative estimate of drug-likeness (QED) is 0.599. The maximum Gasteiger partial charge on any atom is 0.407 e. The lowest BCUT2D eigenvalue weighted by Gasteiger charge is -2.14. The van der Waals surface area contributed by atoms with E-state index < -0.39 is 12.1 Å². The topological polar surface area (TPSA) is 75.6 Å². The van der Waals surface area contributed by atoms with Crippen LogP contribution in [-0.2, 0) is 22.5 Å². The largest absolute Gasteiger partial charge is 0.481 e. The molecule has 1 aliphatic rings. The molecule has 30 heavy (non-hydrogen) atoms. The molecule has 5 heteroatoms. The van der Waals surface area contributed by atoms with Gasteiger partial charge >= 0.3 is 12.1 Å². The van der Waals surface area contributed by atoms with Crippen LogP contribution >= 0.6 is 0 Å². The number of aryl methyl sites for hydroxylation is 1. The van der Waals surface area contributed by atoms with Crippen molar-refractivity contribution in [1.82, 2.24) is 5.32 Å². The van der Waals surface area contributed by atoms with Gasteiger partial charge in [0.25, 0.3) is 0 Å². The summed E-state index contributed by atoms with van der Waals surface area (Å²) in [5, 5.41) is 11.5. The van der Waals surface area contributed by atoms with Gasteiger partial charge < -0.3 is 15.2 Å². The zero-order valence-corrected chi connectivity index (χ0v) is 16.5. The number of benzene rings is 3. The first-order chi connectivity index (χ1) is 14.6. The van der Waals surface area contributed by atoms with Crippen molar-refractivity contribution in [2.24, 2.45) is 0 Å². The number of fused-ring (bicyclic) bond motifs is 3. The highest BCUT2D eigenvalue weighted by molar-refractivity contribution is 5.79. The van der Waals surface area contributed by atoms with Crippen LogP contribution in [-0.4, -0.2) is 23.8 Å². The van der Waals surface area contributed by atoms with Crippen molar-refractivity contribution >= 4 is 12.1 Å². The molecule has 0 bridgehead atoms. The molecule has 0 aromatic heterocycles. The van der Waals surface area contributed by atoms with Crippen LogP contribution in [0.3, 0.4) is 0 Å². The standard InChI is InChI=1S/C25H23NO4/c27-24(28)14-13-17-9-11-18(12-10-17)15-26-25(29)30-16-23-21-7-3-1-5-19(21)20-6-2-4-8-22(20)23/h1-12,23H,13-16H2,(H,26,29)(H,27,28). The Hall–Kier alpha value is -3.60. The molecule has 0 fully saturated rings. The van der Waals surface area contributed by atoms with Crippen molar-refractivity contribution in [2.45, 2.75) is 25.3 Å². The number of carboxylic acids is 1. The van der Waals surface area contributed by atoms with E-state index in [1.54, 1.807) is 0 Å². The third kappa shape index (κ3) is 4.35. The first-order valence-corrected chi connectivity index (χ1v) is 10.0. The van der Waals surface area contributed by atoms with Crippen LogP contribution in [0.1, 0.15) is 34.6 Å². The van der Waals surface area contributed by atoms with Crippen molar-refractivity contribution in [3.05, 3.63) is 95.1 Å². The summed E-state index contributed by atoms with van der Waals surface area (Å²) in [7, 11) is 0. The number of carbonyl (C=O) groups is 2. The van der Waals surface area contributed by atoms with Gasteiger partial charge in [-0.15, -0.1) is 0 Å².